The van der Waals surface area contributed by atoms with E-state index in [2.05, 4.69) is 10.1 Å². The largest absolute Gasteiger partial charge is 0.337 e. The van der Waals surface area contributed by atoms with Crippen molar-refractivity contribution in [2.45, 2.75) is 18.9 Å². The van der Waals surface area contributed by atoms with Crippen molar-refractivity contribution in [3.05, 3.63) is 35.2 Å². The molecule has 17 heavy (non-hydrogen) atoms. The second kappa shape index (κ2) is 4.13. The van der Waals surface area contributed by atoms with E-state index in [1.165, 1.54) is 0 Å². The minimum absolute atomic E-state index is 0.140. The van der Waals surface area contributed by atoms with Crippen LogP contribution in [0.2, 0.25) is 5.02 Å². The van der Waals surface area contributed by atoms with Gasteiger partial charge in [-0.15, -0.1) is 0 Å². The van der Waals surface area contributed by atoms with Gasteiger partial charge in [0.25, 0.3) is 0 Å². The Morgan fingerprint density at radius 1 is 1.35 bits per heavy atom. The fourth-order valence-corrected chi connectivity index (χ4v) is 2.00. The van der Waals surface area contributed by atoms with E-state index in [0.717, 1.165) is 18.4 Å². The van der Waals surface area contributed by atoms with Crippen LogP contribution in [0, 0.1) is 5.92 Å². The molecule has 1 aliphatic carbocycles. The van der Waals surface area contributed by atoms with Gasteiger partial charge in [-0.1, -0.05) is 28.9 Å². The van der Waals surface area contributed by atoms with E-state index in [1.807, 2.05) is 18.2 Å². The summed E-state index contributed by atoms with van der Waals surface area (Å²) in [6.45, 7) is 0. The number of hydrogen-bond donors (Lipinski definition) is 1. The maximum atomic E-state index is 6.07. The van der Waals surface area contributed by atoms with E-state index in [0.29, 0.717) is 22.7 Å². The highest BCUT2D eigenvalue weighted by atomic mass is 35.5. The van der Waals surface area contributed by atoms with E-state index >= 15 is 0 Å². The minimum Gasteiger partial charge on any atom is -0.337 e. The molecular formula is C12H12ClN3O. The van der Waals surface area contributed by atoms with Crippen molar-refractivity contribution in [3.63, 3.8) is 0 Å². The molecule has 2 aromatic rings. The maximum Gasteiger partial charge on any atom is 0.244 e. The summed E-state index contributed by atoms with van der Waals surface area (Å²) in [5, 5.41) is 4.54. The van der Waals surface area contributed by atoms with Crippen LogP contribution in [-0.2, 0) is 0 Å². The van der Waals surface area contributed by atoms with Crippen molar-refractivity contribution in [1.82, 2.24) is 10.1 Å². The summed E-state index contributed by atoms with van der Waals surface area (Å²) < 4.78 is 5.19. The third-order valence-electron chi connectivity index (χ3n) is 2.97. The topological polar surface area (TPSA) is 64.9 Å². The Labute approximate surface area is 104 Å². The molecule has 0 spiro atoms. The average Bonchev–Trinajstić information content (AvgIpc) is 3.07. The zero-order valence-corrected chi connectivity index (χ0v) is 9.89. The lowest BCUT2D eigenvalue weighted by molar-refractivity contribution is 0.343. The Balaban J connectivity index is 1.92. The van der Waals surface area contributed by atoms with Gasteiger partial charge in [-0.25, -0.2) is 0 Å². The SMILES string of the molecule is NC(c1nc(-c2ccccc2Cl)no1)C1CC1. The summed E-state index contributed by atoms with van der Waals surface area (Å²) in [4.78, 5) is 4.32. The second-order valence-corrected chi connectivity index (χ2v) is 4.71. The fourth-order valence-electron chi connectivity index (χ4n) is 1.78. The molecule has 0 radical (unpaired) electrons. The second-order valence-electron chi connectivity index (χ2n) is 4.30. The highest BCUT2D eigenvalue weighted by Crippen LogP contribution is 2.39. The number of nitrogens with two attached hydrogens (primary N) is 1. The van der Waals surface area contributed by atoms with Crippen LogP contribution in [-0.4, -0.2) is 10.1 Å². The van der Waals surface area contributed by atoms with Crippen LogP contribution in [0.1, 0.15) is 24.8 Å². The average molecular weight is 250 g/mol. The molecular weight excluding hydrogens is 238 g/mol. The van der Waals surface area contributed by atoms with Gasteiger partial charge in [0.15, 0.2) is 0 Å². The first-order valence-corrected chi connectivity index (χ1v) is 5.97. The number of benzene rings is 1. The van der Waals surface area contributed by atoms with Gasteiger partial charge >= 0.3 is 0 Å². The van der Waals surface area contributed by atoms with Crippen LogP contribution < -0.4 is 5.73 Å². The van der Waals surface area contributed by atoms with Crippen LogP contribution in [0.25, 0.3) is 11.4 Å². The summed E-state index contributed by atoms with van der Waals surface area (Å²) in [7, 11) is 0. The monoisotopic (exact) mass is 249 g/mol. The fraction of sp³-hybridized carbons (Fsp3) is 0.333. The van der Waals surface area contributed by atoms with Crippen molar-refractivity contribution in [1.29, 1.82) is 0 Å². The molecule has 4 nitrogen and oxygen atoms in total. The predicted octanol–water partition coefficient (Wildman–Crippen LogP) is 2.80. The number of nitrogens with zero attached hydrogens (tertiary/aromatic N) is 2. The van der Waals surface area contributed by atoms with Gasteiger partial charge in [0, 0.05) is 5.56 Å². The molecule has 5 heteroatoms. The predicted molar refractivity (Wildman–Crippen MR) is 64.4 cm³/mol. The molecule has 1 fully saturated rings. The maximum absolute atomic E-state index is 6.07. The molecule has 1 aromatic heterocycles. The zero-order valence-electron chi connectivity index (χ0n) is 9.14. The normalized spacial score (nSPS) is 17.1. The summed E-state index contributed by atoms with van der Waals surface area (Å²) in [6.07, 6.45) is 2.29. The number of hydrogen-bond acceptors (Lipinski definition) is 4. The van der Waals surface area contributed by atoms with Crippen LogP contribution in [0.3, 0.4) is 0 Å². The Morgan fingerprint density at radius 3 is 2.82 bits per heavy atom. The molecule has 1 aliphatic rings. The third kappa shape index (κ3) is 2.06. The Bertz CT molecular complexity index is 536. The van der Waals surface area contributed by atoms with Gasteiger partial charge in [-0.2, -0.15) is 4.98 Å². The number of aromatic nitrogens is 2. The summed E-state index contributed by atoms with van der Waals surface area (Å²) >= 11 is 6.07. The highest BCUT2D eigenvalue weighted by molar-refractivity contribution is 6.33. The van der Waals surface area contributed by atoms with Gasteiger partial charge in [-0.05, 0) is 30.9 Å². The van der Waals surface area contributed by atoms with E-state index in [4.69, 9.17) is 21.9 Å². The number of halogens is 1. The lowest BCUT2D eigenvalue weighted by Crippen LogP contribution is -2.12. The first-order chi connectivity index (χ1) is 8.25. The van der Waals surface area contributed by atoms with Gasteiger partial charge in [-0.3, -0.25) is 0 Å². The van der Waals surface area contributed by atoms with Gasteiger partial charge in [0.05, 0.1) is 11.1 Å². The Morgan fingerprint density at radius 2 is 2.12 bits per heavy atom. The molecule has 1 aromatic carbocycles. The first kappa shape index (κ1) is 10.7. The van der Waals surface area contributed by atoms with Crippen molar-refractivity contribution in [3.8, 4) is 11.4 Å². The van der Waals surface area contributed by atoms with Crippen molar-refractivity contribution < 1.29 is 4.52 Å². The van der Waals surface area contributed by atoms with Crippen LogP contribution in [0.15, 0.2) is 28.8 Å². The van der Waals surface area contributed by atoms with E-state index in [1.54, 1.807) is 6.07 Å². The molecule has 1 saturated carbocycles. The molecule has 0 aliphatic heterocycles. The van der Waals surface area contributed by atoms with E-state index in [9.17, 15) is 0 Å². The van der Waals surface area contributed by atoms with E-state index in [-0.39, 0.29) is 6.04 Å². The molecule has 3 rings (SSSR count). The molecule has 1 unspecified atom stereocenters. The van der Waals surface area contributed by atoms with E-state index < -0.39 is 0 Å². The zero-order chi connectivity index (χ0) is 11.8. The minimum atomic E-state index is -0.140. The number of rotatable bonds is 3. The molecule has 1 heterocycles. The summed E-state index contributed by atoms with van der Waals surface area (Å²) in [5.41, 5.74) is 6.77. The van der Waals surface area contributed by atoms with Crippen LogP contribution >= 0.6 is 11.6 Å². The molecule has 0 bridgehead atoms. The van der Waals surface area contributed by atoms with Crippen molar-refractivity contribution in [2.75, 3.05) is 0 Å². The Kier molecular flexibility index (Phi) is 2.61. The van der Waals surface area contributed by atoms with Crippen molar-refractivity contribution in [2.24, 2.45) is 11.7 Å². The smallest absolute Gasteiger partial charge is 0.244 e. The molecule has 88 valence electrons. The third-order valence-corrected chi connectivity index (χ3v) is 3.30. The summed E-state index contributed by atoms with van der Waals surface area (Å²) in [5.74, 6) is 1.50. The van der Waals surface area contributed by atoms with Gasteiger partial charge in [0.2, 0.25) is 11.7 Å². The van der Waals surface area contributed by atoms with Crippen molar-refractivity contribution >= 4 is 11.6 Å². The molecule has 0 saturated heterocycles. The lowest BCUT2D eigenvalue weighted by atomic mass is 10.2. The molecule has 1 atom stereocenters. The highest BCUT2D eigenvalue weighted by Gasteiger charge is 2.33. The standard InChI is InChI=1S/C12H12ClN3O/c13-9-4-2-1-3-8(9)11-15-12(17-16-11)10(14)7-5-6-7/h1-4,7,10H,5-6,14H2. The van der Waals surface area contributed by atoms with Crippen LogP contribution in [0.4, 0.5) is 0 Å². The lowest BCUT2D eigenvalue weighted by Gasteiger charge is -2.01. The van der Waals surface area contributed by atoms with Crippen LogP contribution in [0.5, 0.6) is 0 Å². The quantitative estimate of drug-likeness (QED) is 0.908. The van der Waals surface area contributed by atoms with Gasteiger partial charge < -0.3 is 10.3 Å². The molecule has 2 N–H and O–H groups in total. The summed E-state index contributed by atoms with van der Waals surface area (Å²) in [6, 6.07) is 7.27. The Hall–Kier alpha value is -1.39. The van der Waals surface area contributed by atoms with Gasteiger partial charge in [0.1, 0.15) is 0 Å². The first-order valence-electron chi connectivity index (χ1n) is 5.60. The molecule has 0 amide bonds.